The lowest BCUT2D eigenvalue weighted by Crippen LogP contribution is -2.02. The highest BCUT2D eigenvalue weighted by molar-refractivity contribution is 5.97. The molecule has 62 valence electrons. The van der Waals surface area contributed by atoms with Crippen LogP contribution in [0.5, 0.6) is 0 Å². The van der Waals surface area contributed by atoms with E-state index in [0.717, 1.165) is 11.4 Å². The Kier molecular flexibility index (Phi) is 2.84. The molecular weight excluding hydrogens is 146 g/mol. The second-order valence-corrected chi connectivity index (χ2v) is 2.96. The van der Waals surface area contributed by atoms with Crippen molar-refractivity contribution < 1.29 is 0 Å². The molecule has 0 saturated carbocycles. The van der Waals surface area contributed by atoms with E-state index in [1.807, 2.05) is 18.2 Å². The van der Waals surface area contributed by atoms with Crippen molar-refractivity contribution in [2.45, 2.75) is 13.8 Å². The summed E-state index contributed by atoms with van der Waals surface area (Å²) < 4.78 is 0. The molecule has 0 bridgehead atoms. The zero-order valence-corrected chi connectivity index (χ0v) is 7.54. The standard InChI is InChI=1S/C11H13N/c1-4-10-7-5-6-8-11(12-10)9(2)3/h4-5,7-9H,1H2,2-3H3. The lowest BCUT2D eigenvalue weighted by atomic mass is 10.1. The van der Waals surface area contributed by atoms with Gasteiger partial charge in [-0.3, -0.25) is 4.99 Å². The number of aliphatic imine (C=N–C) groups is 1. The molecular formula is C11H13N. The molecule has 1 rings (SSSR count). The van der Waals surface area contributed by atoms with E-state index in [0.29, 0.717) is 5.92 Å². The Morgan fingerprint density at radius 1 is 1.58 bits per heavy atom. The highest BCUT2D eigenvalue weighted by atomic mass is 14.8. The molecule has 0 spiro atoms. The third kappa shape index (κ3) is 2.08. The molecule has 0 saturated heterocycles. The maximum Gasteiger partial charge on any atom is 0.0633 e. The minimum atomic E-state index is 0.437. The summed E-state index contributed by atoms with van der Waals surface area (Å²) in [5, 5.41) is 0. The van der Waals surface area contributed by atoms with E-state index in [1.54, 1.807) is 6.08 Å². The van der Waals surface area contributed by atoms with Gasteiger partial charge in [-0.15, -0.1) is 5.73 Å². The Balaban J connectivity index is 3.01. The summed E-state index contributed by atoms with van der Waals surface area (Å²) in [6, 6.07) is 0. The van der Waals surface area contributed by atoms with Crippen LogP contribution in [0.15, 0.2) is 47.3 Å². The highest BCUT2D eigenvalue weighted by Gasteiger charge is 2.01. The predicted octanol–water partition coefficient (Wildman–Crippen LogP) is 2.88. The second kappa shape index (κ2) is 3.89. The summed E-state index contributed by atoms with van der Waals surface area (Å²) >= 11 is 0. The quantitative estimate of drug-likeness (QED) is 0.549. The average Bonchev–Trinajstić information content (AvgIpc) is 2.28. The van der Waals surface area contributed by atoms with Gasteiger partial charge in [0, 0.05) is 6.08 Å². The summed E-state index contributed by atoms with van der Waals surface area (Å²) in [6.45, 7) is 7.91. The van der Waals surface area contributed by atoms with E-state index in [9.17, 15) is 0 Å². The zero-order chi connectivity index (χ0) is 8.97. The zero-order valence-electron chi connectivity index (χ0n) is 7.54. The van der Waals surface area contributed by atoms with Crippen LogP contribution in [0.4, 0.5) is 0 Å². The SMILES string of the molecule is C=CC1=CC=C=CC(C(C)C)=N1. The van der Waals surface area contributed by atoms with E-state index in [-0.39, 0.29) is 0 Å². The fourth-order valence-electron chi connectivity index (χ4n) is 0.895. The maximum absolute atomic E-state index is 4.40. The molecule has 0 unspecified atom stereocenters. The third-order valence-electron chi connectivity index (χ3n) is 1.64. The fourth-order valence-corrected chi connectivity index (χ4v) is 0.895. The molecule has 1 nitrogen and oxygen atoms in total. The first kappa shape index (κ1) is 8.76. The summed E-state index contributed by atoms with van der Waals surface area (Å²) in [5.41, 5.74) is 4.99. The Morgan fingerprint density at radius 2 is 2.33 bits per heavy atom. The smallest absolute Gasteiger partial charge is 0.0633 e. The third-order valence-corrected chi connectivity index (χ3v) is 1.64. The predicted molar refractivity (Wildman–Crippen MR) is 53.2 cm³/mol. The van der Waals surface area contributed by atoms with Crippen LogP contribution in [0, 0.1) is 5.92 Å². The molecule has 0 N–H and O–H groups in total. The number of allylic oxidation sites excluding steroid dienone is 3. The topological polar surface area (TPSA) is 12.4 Å². The van der Waals surface area contributed by atoms with Gasteiger partial charge in [-0.05, 0) is 24.1 Å². The van der Waals surface area contributed by atoms with Crippen LogP contribution in [0.2, 0.25) is 0 Å². The van der Waals surface area contributed by atoms with Crippen LogP contribution in [-0.2, 0) is 0 Å². The van der Waals surface area contributed by atoms with Crippen LogP contribution in [0.3, 0.4) is 0 Å². The number of hydrogen-bond donors (Lipinski definition) is 0. The number of rotatable bonds is 2. The van der Waals surface area contributed by atoms with E-state index >= 15 is 0 Å². The second-order valence-electron chi connectivity index (χ2n) is 2.96. The Bertz CT molecular complexity index is 297. The van der Waals surface area contributed by atoms with Crippen LogP contribution < -0.4 is 0 Å². The molecule has 0 aliphatic carbocycles. The fraction of sp³-hybridized carbons (Fsp3) is 0.273. The van der Waals surface area contributed by atoms with E-state index < -0.39 is 0 Å². The van der Waals surface area contributed by atoms with Gasteiger partial charge in [0.05, 0.1) is 11.4 Å². The van der Waals surface area contributed by atoms with Crippen molar-refractivity contribution in [2.24, 2.45) is 10.9 Å². The van der Waals surface area contributed by atoms with Gasteiger partial charge in [0.1, 0.15) is 0 Å². The summed E-state index contributed by atoms with van der Waals surface area (Å²) in [4.78, 5) is 4.40. The minimum Gasteiger partial charge on any atom is -0.253 e. The van der Waals surface area contributed by atoms with Gasteiger partial charge in [-0.2, -0.15) is 0 Å². The van der Waals surface area contributed by atoms with E-state index in [2.05, 4.69) is 31.2 Å². The van der Waals surface area contributed by atoms with Crippen molar-refractivity contribution >= 4 is 5.71 Å². The largest absolute Gasteiger partial charge is 0.253 e. The first-order chi connectivity index (χ1) is 5.74. The van der Waals surface area contributed by atoms with Gasteiger partial charge in [-0.25, -0.2) is 0 Å². The summed E-state index contributed by atoms with van der Waals surface area (Å²) in [6.07, 6.45) is 7.42. The van der Waals surface area contributed by atoms with Crippen molar-refractivity contribution in [3.05, 3.63) is 42.3 Å². The molecule has 0 aromatic rings. The molecule has 0 aromatic heterocycles. The molecule has 0 radical (unpaired) electrons. The summed E-state index contributed by atoms with van der Waals surface area (Å²) in [7, 11) is 0. The van der Waals surface area contributed by atoms with Gasteiger partial charge in [0.2, 0.25) is 0 Å². The molecule has 1 aliphatic heterocycles. The van der Waals surface area contributed by atoms with Gasteiger partial charge >= 0.3 is 0 Å². The monoisotopic (exact) mass is 159 g/mol. The van der Waals surface area contributed by atoms with Crippen LogP contribution in [0.25, 0.3) is 0 Å². The first-order valence-corrected chi connectivity index (χ1v) is 4.08. The average molecular weight is 159 g/mol. The van der Waals surface area contributed by atoms with Crippen LogP contribution in [-0.4, -0.2) is 5.71 Å². The molecule has 0 fully saturated rings. The molecule has 1 aliphatic rings. The normalized spacial score (nSPS) is 15.6. The van der Waals surface area contributed by atoms with E-state index in [1.165, 1.54) is 0 Å². The Hall–Kier alpha value is -1.33. The van der Waals surface area contributed by atoms with E-state index in [4.69, 9.17) is 0 Å². The highest BCUT2D eigenvalue weighted by Crippen LogP contribution is 2.07. The van der Waals surface area contributed by atoms with Crippen LogP contribution in [0.1, 0.15) is 13.8 Å². The molecule has 1 heterocycles. The molecule has 0 atom stereocenters. The molecule has 12 heavy (non-hydrogen) atoms. The van der Waals surface area contributed by atoms with Gasteiger partial charge < -0.3 is 0 Å². The molecule has 0 amide bonds. The van der Waals surface area contributed by atoms with Crippen molar-refractivity contribution in [1.82, 2.24) is 0 Å². The van der Waals surface area contributed by atoms with Gasteiger partial charge in [0.25, 0.3) is 0 Å². The Labute approximate surface area is 73.5 Å². The van der Waals surface area contributed by atoms with Gasteiger partial charge in [0.15, 0.2) is 0 Å². The van der Waals surface area contributed by atoms with Gasteiger partial charge in [-0.1, -0.05) is 20.4 Å². The Morgan fingerprint density at radius 3 is 2.92 bits per heavy atom. The van der Waals surface area contributed by atoms with Crippen molar-refractivity contribution in [3.63, 3.8) is 0 Å². The first-order valence-electron chi connectivity index (χ1n) is 4.08. The maximum atomic E-state index is 4.40. The summed E-state index contributed by atoms with van der Waals surface area (Å²) in [5.74, 6) is 0.437. The lowest BCUT2D eigenvalue weighted by molar-refractivity contribution is 0.887. The number of nitrogens with zero attached hydrogens (tertiary/aromatic N) is 1. The van der Waals surface area contributed by atoms with Crippen molar-refractivity contribution in [1.29, 1.82) is 0 Å². The lowest BCUT2D eigenvalue weighted by Gasteiger charge is -2.02. The minimum absolute atomic E-state index is 0.437. The van der Waals surface area contributed by atoms with Crippen molar-refractivity contribution in [3.8, 4) is 0 Å². The molecule has 0 aromatic carbocycles. The number of hydrogen-bond acceptors (Lipinski definition) is 1. The van der Waals surface area contributed by atoms with Crippen molar-refractivity contribution in [2.75, 3.05) is 0 Å². The van der Waals surface area contributed by atoms with Crippen LogP contribution >= 0.6 is 0 Å². The molecule has 1 heteroatoms.